The normalized spacial score (nSPS) is 10.8. The first-order valence-electron chi connectivity index (χ1n) is 4.67. The van der Waals surface area contributed by atoms with Crippen LogP contribution in [0.5, 0.6) is 11.5 Å². The van der Waals surface area contributed by atoms with Crippen molar-refractivity contribution in [2.45, 2.75) is 0 Å². The average Bonchev–Trinajstić information content (AvgIpc) is 2.27. The van der Waals surface area contributed by atoms with Crippen LogP contribution in [0, 0.1) is 0 Å². The molecule has 0 aromatic heterocycles. The summed E-state index contributed by atoms with van der Waals surface area (Å²) < 4.78 is 4.80. The number of phenols is 1. The number of esters is 1. The number of carboxylic acid groups (broad SMARTS) is 1. The van der Waals surface area contributed by atoms with E-state index in [1.807, 2.05) is 0 Å². The minimum absolute atomic E-state index is 0.0457. The Bertz CT molecular complexity index is 474. The number of carbonyl (C=O) groups excluding carboxylic acids is 1. The monoisotopic (exact) mass is 234 g/mol. The van der Waals surface area contributed by atoms with Gasteiger partial charge in [0.2, 0.25) is 0 Å². The zero-order chi connectivity index (χ0) is 12.7. The Morgan fingerprint density at radius 1 is 1.12 bits per heavy atom. The Labute approximate surface area is 97.3 Å². The predicted octanol–water partition coefficient (Wildman–Crippen LogP) is 1.49. The maximum absolute atomic E-state index is 11.2. The minimum Gasteiger partial charge on any atom is -0.504 e. The van der Waals surface area contributed by atoms with Crippen LogP contribution in [0.3, 0.4) is 0 Å². The van der Waals surface area contributed by atoms with E-state index in [2.05, 4.69) is 0 Å². The minimum atomic E-state index is -1.11. The summed E-state index contributed by atoms with van der Waals surface area (Å²) in [6.45, 7) is 0. The fraction of sp³-hybridized carbons (Fsp3) is 0. The molecule has 5 nitrogen and oxygen atoms in total. The number of rotatable bonds is 4. The molecule has 0 fully saturated rings. The van der Waals surface area contributed by atoms with Gasteiger partial charge in [0.15, 0.2) is 11.5 Å². The molecule has 0 saturated heterocycles. The van der Waals surface area contributed by atoms with Crippen molar-refractivity contribution in [2.75, 3.05) is 0 Å². The summed E-state index contributed by atoms with van der Waals surface area (Å²) in [5, 5.41) is 17.6. The highest BCUT2D eigenvalue weighted by Gasteiger charge is 2.03. The Kier molecular flexibility index (Phi) is 4.50. The van der Waals surface area contributed by atoms with E-state index < -0.39 is 11.9 Å². The summed E-state index contributed by atoms with van der Waals surface area (Å²) in [6, 6.07) is 6.03. The number of hydrogen-bond acceptors (Lipinski definition) is 4. The molecule has 1 aromatic carbocycles. The molecule has 0 aliphatic carbocycles. The van der Waals surface area contributed by atoms with Crippen LogP contribution in [-0.4, -0.2) is 22.2 Å². The summed E-state index contributed by atoms with van der Waals surface area (Å²) >= 11 is 0. The van der Waals surface area contributed by atoms with Gasteiger partial charge in [-0.1, -0.05) is 24.3 Å². The van der Waals surface area contributed by atoms with Gasteiger partial charge in [-0.2, -0.15) is 0 Å². The van der Waals surface area contributed by atoms with Crippen molar-refractivity contribution in [3.8, 4) is 11.5 Å². The van der Waals surface area contributed by atoms with Crippen molar-refractivity contribution in [2.24, 2.45) is 0 Å². The fourth-order valence-electron chi connectivity index (χ4n) is 0.958. The molecule has 0 saturated carbocycles. The molecular formula is C12H10O5. The van der Waals surface area contributed by atoms with Gasteiger partial charge in [0.1, 0.15) is 0 Å². The smallest absolute Gasteiger partial charge is 0.336 e. The van der Waals surface area contributed by atoms with Crippen molar-refractivity contribution in [1.29, 1.82) is 0 Å². The van der Waals surface area contributed by atoms with Crippen LogP contribution in [-0.2, 0) is 9.59 Å². The SMILES string of the molecule is O=C(O)/C=C\C=C\C(=O)Oc1ccccc1O. The molecule has 0 aliphatic heterocycles. The standard InChI is InChI=1S/C12H10O5/c13-9-5-1-2-6-10(9)17-12(16)8-4-3-7-11(14)15/h1-8,13H,(H,14,15)/b7-3-,8-4+. The van der Waals surface area contributed by atoms with Crippen molar-refractivity contribution >= 4 is 11.9 Å². The highest BCUT2D eigenvalue weighted by atomic mass is 16.5. The van der Waals surface area contributed by atoms with Crippen LogP contribution < -0.4 is 4.74 Å². The number of hydrogen-bond donors (Lipinski definition) is 2. The zero-order valence-corrected chi connectivity index (χ0v) is 8.74. The van der Waals surface area contributed by atoms with Crippen molar-refractivity contribution in [3.05, 3.63) is 48.6 Å². The number of benzene rings is 1. The zero-order valence-electron chi connectivity index (χ0n) is 8.74. The van der Waals surface area contributed by atoms with Gasteiger partial charge in [-0.15, -0.1) is 0 Å². The van der Waals surface area contributed by atoms with E-state index in [-0.39, 0.29) is 11.5 Å². The van der Waals surface area contributed by atoms with Crippen LogP contribution in [0.2, 0.25) is 0 Å². The first-order chi connectivity index (χ1) is 8.09. The van der Waals surface area contributed by atoms with Crippen LogP contribution in [0.4, 0.5) is 0 Å². The summed E-state index contributed by atoms with van der Waals surface area (Å²) in [5.74, 6) is -1.91. The third-order valence-electron chi connectivity index (χ3n) is 1.66. The van der Waals surface area contributed by atoms with Crippen LogP contribution in [0.1, 0.15) is 0 Å². The number of aliphatic carboxylic acids is 1. The third kappa shape index (κ3) is 4.65. The summed E-state index contributed by atoms with van der Waals surface area (Å²) in [5.41, 5.74) is 0. The molecule has 0 atom stereocenters. The average molecular weight is 234 g/mol. The molecule has 0 amide bonds. The molecule has 5 heteroatoms. The molecule has 2 N–H and O–H groups in total. The van der Waals surface area contributed by atoms with E-state index in [1.165, 1.54) is 24.3 Å². The fourth-order valence-corrected chi connectivity index (χ4v) is 0.958. The Hall–Kier alpha value is -2.56. The molecule has 0 unspecified atom stereocenters. The maximum atomic E-state index is 11.2. The van der Waals surface area contributed by atoms with Gasteiger partial charge in [-0.05, 0) is 12.1 Å². The number of phenolic OH excluding ortho intramolecular Hbond substituents is 1. The number of allylic oxidation sites excluding steroid dienone is 2. The third-order valence-corrected chi connectivity index (χ3v) is 1.66. The highest BCUT2D eigenvalue weighted by Crippen LogP contribution is 2.24. The van der Waals surface area contributed by atoms with E-state index in [1.54, 1.807) is 12.1 Å². The lowest BCUT2D eigenvalue weighted by Gasteiger charge is -2.02. The Morgan fingerprint density at radius 2 is 1.76 bits per heavy atom. The maximum Gasteiger partial charge on any atom is 0.336 e. The van der Waals surface area contributed by atoms with Gasteiger partial charge < -0.3 is 14.9 Å². The molecule has 88 valence electrons. The number of carboxylic acids is 1. The van der Waals surface area contributed by atoms with Gasteiger partial charge in [-0.25, -0.2) is 9.59 Å². The summed E-state index contributed by atoms with van der Waals surface area (Å²) in [4.78, 5) is 21.3. The van der Waals surface area contributed by atoms with Crippen molar-refractivity contribution in [1.82, 2.24) is 0 Å². The van der Waals surface area contributed by atoms with Crippen LogP contribution in [0.15, 0.2) is 48.6 Å². The molecular weight excluding hydrogens is 224 g/mol. The lowest BCUT2D eigenvalue weighted by atomic mass is 10.3. The van der Waals surface area contributed by atoms with Gasteiger partial charge in [0, 0.05) is 12.2 Å². The van der Waals surface area contributed by atoms with E-state index >= 15 is 0 Å². The molecule has 0 spiro atoms. The number of aromatic hydroxyl groups is 1. The van der Waals surface area contributed by atoms with Gasteiger partial charge in [0.05, 0.1) is 0 Å². The molecule has 0 aliphatic rings. The highest BCUT2D eigenvalue weighted by molar-refractivity contribution is 5.85. The topological polar surface area (TPSA) is 83.8 Å². The first-order valence-corrected chi connectivity index (χ1v) is 4.67. The second-order valence-corrected chi connectivity index (χ2v) is 2.95. The largest absolute Gasteiger partial charge is 0.504 e. The number of ether oxygens (including phenoxy) is 1. The molecule has 0 heterocycles. The predicted molar refractivity (Wildman–Crippen MR) is 59.7 cm³/mol. The van der Waals surface area contributed by atoms with Crippen LogP contribution in [0.25, 0.3) is 0 Å². The number of carbonyl (C=O) groups is 2. The quantitative estimate of drug-likeness (QED) is 0.357. The molecule has 1 rings (SSSR count). The first kappa shape index (κ1) is 12.5. The van der Waals surface area contributed by atoms with Crippen LogP contribution >= 0.6 is 0 Å². The lowest BCUT2D eigenvalue weighted by molar-refractivity contribution is -0.131. The van der Waals surface area contributed by atoms with Crippen molar-refractivity contribution in [3.63, 3.8) is 0 Å². The van der Waals surface area contributed by atoms with E-state index in [0.29, 0.717) is 0 Å². The van der Waals surface area contributed by atoms with Gasteiger partial charge in [-0.3, -0.25) is 0 Å². The lowest BCUT2D eigenvalue weighted by Crippen LogP contribution is -2.03. The Morgan fingerprint density at radius 3 is 2.41 bits per heavy atom. The molecule has 17 heavy (non-hydrogen) atoms. The molecule has 0 bridgehead atoms. The van der Waals surface area contributed by atoms with Crippen molar-refractivity contribution < 1.29 is 24.5 Å². The second kappa shape index (κ2) is 6.12. The van der Waals surface area contributed by atoms with E-state index in [0.717, 1.165) is 12.2 Å². The Balaban J connectivity index is 2.56. The molecule has 0 radical (unpaired) electrons. The van der Waals surface area contributed by atoms with Gasteiger partial charge >= 0.3 is 11.9 Å². The van der Waals surface area contributed by atoms with Gasteiger partial charge in [0.25, 0.3) is 0 Å². The van der Waals surface area contributed by atoms with E-state index in [4.69, 9.17) is 9.84 Å². The molecule has 1 aromatic rings. The summed E-state index contributed by atoms with van der Waals surface area (Å²) in [6.07, 6.45) is 4.35. The van der Waals surface area contributed by atoms with E-state index in [9.17, 15) is 14.7 Å². The summed E-state index contributed by atoms with van der Waals surface area (Å²) in [7, 11) is 0. The second-order valence-electron chi connectivity index (χ2n) is 2.95. The number of para-hydroxylation sites is 2.